The van der Waals surface area contributed by atoms with E-state index in [0.717, 1.165) is 18.7 Å². The first kappa shape index (κ1) is 19.2. The number of halogens is 1. The van der Waals surface area contributed by atoms with Gasteiger partial charge in [0.25, 0.3) is 0 Å². The van der Waals surface area contributed by atoms with Gasteiger partial charge in [-0.05, 0) is 42.9 Å². The van der Waals surface area contributed by atoms with E-state index in [2.05, 4.69) is 29.4 Å². The van der Waals surface area contributed by atoms with Crippen LogP contribution in [0.3, 0.4) is 0 Å². The molecule has 1 aromatic carbocycles. The fraction of sp³-hybridized carbons (Fsp3) is 0.562. The molecule has 2 rings (SSSR count). The first-order chi connectivity index (χ1) is 10.2. The highest BCUT2D eigenvalue weighted by atomic mass is 127. The molecular formula is C16H26IN3O2. The number of aliphatic hydroxyl groups excluding tert-OH is 1. The number of benzene rings is 1. The van der Waals surface area contributed by atoms with Crippen molar-refractivity contribution in [1.82, 2.24) is 0 Å². The van der Waals surface area contributed by atoms with Crippen molar-refractivity contribution in [3.8, 4) is 0 Å². The minimum absolute atomic E-state index is 0. The lowest BCUT2D eigenvalue weighted by Crippen LogP contribution is -2.26. The summed E-state index contributed by atoms with van der Waals surface area (Å²) in [5, 5.41) is 12.8. The van der Waals surface area contributed by atoms with Gasteiger partial charge in [0.1, 0.15) is 0 Å². The number of guanidine groups is 1. The predicted molar refractivity (Wildman–Crippen MR) is 101 cm³/mol. The second kappa shape index (κ2) is 10.0. The summed E-state index contributed by atoms with van der Waals surface area (Å²) in [4.78, 5) is 4.13. The van der Waals surface area contributed by atoms with Gasteiger partial charge in [-0.1, -0.05) is 19.1 Å². The van der Waals surface area contributed by atoms with Gasteiger partial charge >= 0.3 is 0 Å². The SMILES string of the molecule is CCc1ccc(NC(N)=NCC(O)COCC2CC2)cc1.I. The molecule has 1 saturated carbocycles. The van der Waals surface area contributed by atoms with E-state index >= 15 is 0 Å². The number of anilines is 1. The molecule has 4 N–H and O–H groups in total. The Morgan fingerprint density at radius 3 is 2.68 bits per heavy atom. The first-order valence-corrected chi connectivity index (χ1v) is 7.59. The van der Waals surface area contributed by atoms with Crippen LogP contribution in [-0.2, 0) is 11.2 Å². The van der Waals surface area contributed by atoms with Crippen LogP contribution < -0.4 is 11.1 Å². The lowest BCUT2D eigenvalue weighted by molar-refractivity contribution is 0.0369. The normalized spacial score (nSPS) is 16.0. The third kappa shape index (κ3) is 7.42. The molecule has 0 aromatic heterocycles. The monoisotopic (exact) mass is 419 g/mol. The Balaban J connectivity index is 0.00000242. The molecule has 1 atom stereocenters. The van der Waals surface area contributed by atoms with Crippen LogP contribution in [0.5, 0.6) is 0 Å². The van der Waals surface area contributed by atoms with Gasteiger partial charge in [0, 0.05) is 12.3 Å². The number of aliphatic imine (C=N–C) groups is 1. The predicted octanol–water partition coefficient (Wildman–Crippen LogP) is 2.38. The molecule has 5 nitrogen and oxygen atoms in total. The van der Waals surface area contributed by atoms with E-state index in [4.69, 9.17) is 10.5 Å². The molecule has 0 amide bonds. The van der Waals surface area contributed by atoms with Crippen LogP contribution in [0.25, 0.3) is 0 Å². The number of hydrogen-bond acceptors (Lipinski definition) is 3. The Hall–Kier alpha value is -0.860. The summed E-state index contributed by atoms with van der Waals surface area (Å²) < 4.78 is 5.41. The average molecular weight is 419 g/mol. The molecule has 0 radical (unpaired) electrons. The molecule has 1 fully saturated rings. The van der Waals surface area contributed by atoms with Crippen molar-refractivity contribution < 1.29 is 9.84 Å². The van der Waals surface area contributed by atoms with E-state index in [-0.39, 0.29) is 30.5 Å². The standard InChI is InChI=1S/C16H25N3O2.HI/c1-2-12-5-7-14(8-6-12)19-16(17)18-9-15(20)11-21-10-13-3-4-13;/h5-8,13,15,20H,2-4,9-11H2,1H3,(H3,17,18,19);1H. The van der Waals surface area contributed by atoms with Crippen LogP contribution in [0.1, 0.15) is 25.3 Å². The zero-order chi connectivity index (χ0) is 15.1. The Morgan fingerprint density at radius 2 is 2.09 bits per heavy atom. The summed E-state index contributed by atoms with van der Waals surface area (Å²) in [5.74, 6) is 1.01. The Morgan fingerprint density at radius 1 is 1.41 bits per heavy atom. The van der Waals surface area contributed by atoms with Crippen molar-refractivity contribution in [2.75, 3.05) is 25.1 Å². The number of aryl methyl sites for hydroxylation is 1. The maximum Gasteiger partial charge on any atom is 0.193 e. The van der Waals surface area contributed by atoms with Gasteiger partial charge in [-0.25, -0.2) is 0 Å². The molecule has 6 heteroatoms. The first-order valence-electron chi connectivity index (χ1n) is 7.59. The molecule has 22 heavy (non-hydrogen) atoms. The highest BCUT2D eigenvalue weighted by Gasteiger charge is 2.21. The third-order valence-electron chi connectivity index (χ3n) is 3.47. The largest absolute Gasteiger partial charge is 0.389 e. The molecule has 124 valence electrons. The maximum absolute atomic E-state index is 9.75. The molecule has 1 aliphatic carbocycles. The van der Waals surface area contributed by atoms with Crippen molar-refractivity contribution in [1.29, 1.82) is 0 Å². The van der Waals surface area contributed by atoms with Crippen LogP contribution in [0, 0.1) is 5.92 Å². The van der Waals surface area contributed by atoms with E-state index in [0.29, 0.717) is 18.5 Å². The number of nitrogens with zero attached hydrogens (tertiary/aromatic N) is 1. The smallest absolute Gasteiger partial charge is 0.193 e. The van der Waals surface area contributed by atoms with E-state index < -0.39 is 6.10 Å². The Labute approximate surface area is 149 Å². The molecule has 1 unspecified atom stereocenters. The molecule has 0 bridgehead atoms. The second-order valence-electron chi connectivity index (χ2n) is 5.54. The van der Waals surface area contributed by atoms with Crippen molar-refractivity contribution in [3.05, 3.63) is 29.8 Å². The van der Waals surface area contributed by atoms with Crippen molar-refractivity contribution in [2.24, 2.45) is 16.6 Å². The number of hydrogen-bond donors (Lipinski definition) is 3. The van der Waals surface area contributed by atoms with E-state index in [1.165, 1.54) is 18.4 Å². The topological polar surface area (TPSA) is 79.9 Å². The summed E-state index contributed by atoms with van der Waals surface area (Å²) in [6.45, 7) is 3.43. The molecule has 0 saturated heterocycles. The van der Waals surface area contributed by atoms with Gasteiger partial charge in [0.05, 0.1) is 19.3 Å². The molecule has 0 spiro atoms. The van der Waals surface area contributed by atoms with Crippen LogP contribution >= 0.6 is 24.0 Å². The molecule has 0 aliphatic heterocycles. The third-order valence-corrected chi connectivity index (χ3v) is 3.47. The van der Waals surface area contributed by atoms with Crippen LogP contribution in [0.4, 0.5) is 5.69 Å². The summed E-state index contributed by atoms with van der Waals surface area (Å²) in [6.07, 6.45) is 2.91. The second-order valence-corrected chi connectivity index (χ2v) is 5.54. The molecule has 1 aliphatic rings. The van der Waals surface area contributed by atoms with E-state index in [1.807, 2.05) is 12.1 Å². The van der Waals surface area contributed by atoms with Gasteiger partial charge < -0.3 is 20.9 Å². The van der Waals surface area contributed by atoms with Gasteiger partial charge in [-0.2, -0.15) is 0 Å². The fourth-order valence-electron chi connectivity index (χ4n) is 1.92. The zero-order valence-electron chi connectivity index (χ0n) is 13.0. The lowest BCUT2D eigenvalue weighted by Gasteiger charge is -2.10. The number of aliphatic hydroxyl groups is 1. The summed E-state index contributed by atoms with van der Waals surface area (Å²) in [7, 11) is 0. The molecular weight excluding hydrogens is 393 g/mol. The molecule has 1 aromatic rings. The van der Waals surface area contributed by atoms with E-state index in [1.54, 1.807) is 0 Å². The summed E-state index contributed by atoms with van der Waals surface area (Å²) in [6, 6.07) is 8.04. The number of rotatable bonds is 8. The number of nitrogens with one attached hydrogen (secondary N) is 1. The number of ether oxygens (including phenoxy) is 1. The van der Waals surface area contributed by atoms with Crippen LogP contribution in [0.2, 0.25) is 0 Å². The van der Waals surface area contributed by atoms with Crippen LogP contribution in [0.15, 0.2) is 29.3 Å². The minimum atomic E-state index is -0.605. The highest BCUT2D eigenvalue weighted by molar-refractivity contribution is 14.0. The average Bonchev–Trinajstić information content (AvgIpc) is 3.30. The summed E-state index contributed by atoms with van der Waals surface area (Å²) in [5.41, 5.74) is 7.97. The molecule has 0 heterocycles. The van der Waals surface area contributed by atoms with Gasteiger partial charge in [-0.3, -0.25) is 4.99 Å². The van der Waals surface area contributed by atoms with Crippen molar-refractivity contribution >= 4 is 35.6 Å². The highest BCUT2D eigenvalue weighted by Crippen LogP contribution is 2.28. The maximum atomic E-state index is 9.75. The summed E-state index contributed by atoms with van der Waals surface area (Å²) >= 11 is 0. The lowest BCUT2D eigenvalue weighted by atomic mass is 10.1. The van der Waals surface area contributed by atoms with E-state index in [9.17, 15) is 5.11 Å². The Bertz CT molecular complexity index is 461. The fourth-order valence-corrected chi connectivity index (χ4v) is 1.92. The van der Waals surface area contributed by atoms with Crippen LogP contribution in [-0.4, -0.2) is 36.9 Å². The van der Waals surface area contributed by atoms with Crippen molar-refractivity contribution in [2.45, 2.75) is 32.3 Å². The van der Waals surface area contributed by atoms with Gasteiger partial charge in [0.2, 0.25) is 0 Å². The van der Waals surface area contributed by atoms with Gasteiger partial charge in [0.15, 0.2) is 5.96 Å². The number of nitrogens with two attached hydrogens (primary N) is 1. The minimum Gasteiger partial charge on any atom is -0.389 e. The zero-order valence-corrected chi connectivity index (χ0v) is 15.3. The Kier molecular flexibility index (Phi) is 8.74. The van der Waals surface area contributed by atoms with Gasteiger partial charge in [-0.15, -0.1) is 24.0 Å². The van der Waals surface area contributed by atoms with Crippen molar-refractivity contribution in [3.63, 3.8) is 0 Å². The quantitative estimate of drug-likeness (QED) is 0.344.